The second-order valence-electron chi connectivity index (χ2n) is 4.12. The molecule has 1 heterocycles. The lowest BCUT2D eigenvalue weighted by Crippen LogP contribution is -2.38. The van der Waals surface area contributed by atoms with Crippen molar-refractivity contribution in [3.8, 4) is 0 Å². The topological polar surface area (TPSA) is 20.3 Å². The summed E-state index contributed by atoms with van der Waals surface area (Å²) in [5.74, 6) is 3.72. The van der Waals surface area contributed by atoms with E-state index in [4.69, 9.17) is 0 Å². The van der Waals surface area contributed by atoms with Crippen molar-refractivity contribution < 1.29 is 4.21 Å². The first-order chi connectivity index (χ1) is 5.75. The molecule has 2 aliphatic rings. The maximum atomic E-state index is 11.1. The SMILES string of the molecule is CC1CC1CN1CCS(=O)CC1. The Labute approximate surface area is 76.8 Å². The number of nitrogens with zero attached hydrogens (tertiary/aromatic N) is 1. The van der Waals surface area contributed by atoms with Crippen molar-refractivity contribution in [3.63, 3.8) is 0 Å². The molecule has 1 saturated heterocycles. The van der Waals surface area contributed by atoms with Gasteiger partial charge in [-0.15, -0.1) is 0 Å². The van der Waals surface area contributed by atoms with Crippen LogP contribution < -0.4 is 0 Å². The summed E-state index contributed by atoms with van der Waals surface area (Å²) in [6, 6.07) is 0. The summed E-state index contributed by atoms with van der Waals surface area (Å²) in [6.07, 6.45) is 1.42. The van der Waals surface area contributed by atoms with Crippen LogP contribution in [0.25, 0.3) is 0 Å². The first kappa shape index (κ1) is 8.70. The number of hydrogen-bond donors (Lipinski definition) is 0. The predicted octanol–water partition coefficient (Wildman–Crippen LogP) is 0.707. The average molecular weight is 187 g/mol. The van der Waals surface area contributed by atoms with E-state index in [1.807, 2.05) is 0 Å². The van der Waals surface area contributed by atoms with Crippen molar-refractivity contribution in [2.45, 2.75) is 13.3 Å². The first-order valence-electron chi connectivity index (χ1n) is 4.83. The van der Waals surface area contributed by atoms with Crippen molar-refractivity contribution in [1.29, 1.82) is 0 Å². The van der Waals surface area contributed by atoms with Gasteiger partial charge in [0.15, 0.2) is 0 Å². The molecule has 2 unspecified atom stereocenters. The van der Waals surface area contributed by atoms with Crippen molar-refractivity contribution >= 4 is 10.8 Å². The Kier molecular flexibility index (Phi) is 2.51. The van der Waals surface area contributed by atoms with Gasteiger partial charge in [-0.3, -0.25) is 4.21 Å². The summed E-state index contributed by atoms with van der Waals surface area (Å²) in [7, 11) is -0.506. The highest BCUT2D eigenvalue weighted by Crippen LogP contribution is 2.38. The molecule has 0 bridgehead atoms. The van der Waals surface area contributed by atoms with Gasteiger partial charge in [-0.25, -0.2) is 0 Å². The van der Waals surface area contributed by atoms with Crippen LogP contribution in [0.3, 0.4) is 0 Å². The molecule has 0 amide bonds. The summed E-state index contributed by atoms with van der Waals surface area (Å²) in [5, 5.41) is 0. The van der Waals surface area contributed by atoms with Gasteiger partial charge in [0.2, 0.25) is 0 Å². The molecule has 70 valence electrons. The van der Waals surface area contributed by atoms with E-state index in [1.54, 1.807) is 0 Å². The fraction of sp³-hybridized carbons (Fsp3) is 1.00. The van der Waals surface area contributed by atoms with Crippen LogP contribution in [0, 0.1) is 11.8 Å². The third-order valence-corrected chi connectivity index (χ3v) is 4.32. The zero-order valence-electron chi connectivity index (χ0n) is 7.66. The average Bonchev–Trinajstić information content (AvgIpc) is 2.72. The minimum atomic E-state index is -0.506. The molecule has 1 aliphatic heterocycles. The monoisotopic (exact) mass is 187 g/mol. The lowest BCUT2D eigenvalue weighted by atomic mass is 10.3. The van der Waals surface area contributed by atoms with E-state index < -0.39 is 10.8 Å². The summed E-state index contributed by atoms with van der Waals surface area (Å²) in [6.45, 7) is 5.72. The van der Waals surface area contributed by atoms with Gasteiger partial charge < -0.3 is 4.90 Å². The lowest BCUT2D eigenvalue weighted by Gasteiger charge is -2.25. The summed E-state index contributed by atoms with van der Waals surface area (Å²) in [5.41, 5.74) is 0. The number of hydrogen-bond acceptors (Lipinski definition) is 2. The van der Waals surface area contributed by atoms with Gasteiger partial charge in [0.25, 0.3) is 0 Å². The molecule has 0 radical (unpaired) electrons. The van der Waals surface area contributed by atoms with Crippen LogP contribution in [0.4, 0.5) is 0 Å². The van der Waals surface area contributed by atoms with E-state index in [2.05, 4.69) is 11.8 Å². The van der Waals surface area contributed by atoms with Crippen molar-refractivity contribution in [2.75, 3.05) is 31.1 Å². The van der Waals surface area contributed by atoms with Gasteiger partial charge in [-0.1, -0.05) is 6.92 Å². The smallest absolute Gasteiger partial charge is 0.0363 e. The quantitative estimate of drug-likeness (QED) is 0.634. The minimum absolute atomic E-state index is 0.506. The molecule has 2 nitrogen and oxygen atoms in total. The summed E-state index contributed by atoms with van der Waals surface area (Å²) >= 11 is 0. The van der Waals surface area contributed by atoms with E-state index in [-0.39, 0.29) is 0 Å². The normalized spacial score (nSPS) is 38.4. The molecule has 2 fully saturated rings. The van der Waals surface area contributed by atoms with Crippen LogP contribution in [0.2, 0.25) is 0 Å². The molecule has 1 saturated carbocycles. The molecule has 3 heteroatoms. The third kappa shape index (κ3) is 2.07. The molecule has 2 atom stereocenters. The Morgan fingerprint density at radius 1 is 1.42 bits per heavy atom. The van der Waals surface area contributed by atoms with E-state index >= 15 is 0 Å². The molecule has 0 aromatic heterocycles. The fourth-order valence-electron chi connectivity index (χ4n) is 1.84. The highest BCUT2D eigenvalue weighted by atomic mass is 32.2. The Balaban J connectivity index is 1.71. The molecule has 1 aliphatic carbocycles. The van der Waals surface area contributed by atoms with Gasteiger partial charge >= 0.3 is 0 Å². The maximum absolute atomic E-state index is 11.1. The van der Waals surface area contributed by atoms with Crippen LogP contribution in [0.5, 0.6) is 0 Å². The summed E-state index contributed by atoms with van der Waals surface area (Å²) < 4.78 is 11.1. The standard InChI is InChI=1S/C9H17NOS/c1-8-6-9(8)7-10-2-4-12(11)5-3-10/h8-9H,2-7H2,1H3. The Hall–Kier alpha value is 0.110. The zero-order valence-corrected chi connectivity index (χ0v) is 8.48. The van der Waals surface area contributed by atoms with E-state index in [1.165, 1.54) is 13.0 Å². The second-order valence-corrected chi connectivity index (χ2v) is 5.82. The lowest BCUT2D eigenvalue weighted by molar-refractivity contribution is 0.283. The molecule has 0 aromatic rings. The molecular formula is C9H17NOS. The zero-order chi connectivity index (χ0) is 8.55. The van der Waals surface area contributed by atoms with Crippen LogP contribution in [-0.4, -0.2) is 40.2 Å². The van der Waals surface area contributed by atoms with Crippen LogP contribution >= 0.6 is 0 Å². The predicted molar refractivity (Wildman–Crippen MR) is 51.6 cm³/mol. The van der Waals surface area contributed by atoms with Gasteiger partial charge in [-0.05, 0) is 18.3 Å². The van der Waals surface area contributed by atoms with E-state index in [0.717, 1.165) is 36.4 Å². The molecule has 12 heavy (non-hydrogen) atoms. The first-order valence-corrected chi connectivity index (χ1v) is 6.32. The van der Waals surface area contributed by atoms with Gasteiger partial charge in [0, 0.05) is 41.9 Å². The van der Waals surface area contributed by atoms with Crippen LogP contribution in [0.1, 0.15) is 13.3 Å². The minimum Gasteiger partial charge on any atom is -0.301 e. The molecule has 0 aromatic carbocycles. The van der Waals surface area contributed by atoms with Gasteiger partial charge in [-0.2, -0.15) is 0 Å². The third-order valence-electron chi connectivity index (χ3n) is 3.04. The Morgan fingerprint density at radius 3 is 2.50 bits per heavy atom. The van der Waals surface area contributed by atoms with Crippen LogP contribution in [0.15, 0.2) is 0 Å². The highest BCUT2D eigenvalue weighted by Gasteiger charge is 2.34. The van der Waals surface area contributed by atoms with Gasteiger partial charge in [0.1, 0.15) is 0 Å². The Bertz CT molecular complexity index is 185. The highest BCUT2D eigenvalue weighted by molar-refractivity contribution is 7.85. The van der Waals surface area contributed by atoms with Crippen molar-refractivity contribution in [1.82, 2.24) is 4.90 Å². The molecule has 2 rings (SSSR count). The maximum Gasteiger partial charge on any atom is 0.0363 e. The van der Waals surface area contributed by atoms with Gasteiger partial charge in [0.05, 0.1) is 0 Å². The largest absolute Gasteiger partial charge is 0.301 e. The summed E-state index contributed by atoms with van der Waals surface area (Å²) in [4.78, 5) is 2.48. The number of rotatable bonds is 2. The fourth-order valence-corrected chi connectivity index (χ4v) is 2.97. The van der Waals surface area contributed by atoms with E-state index in [0.29, 0.717) is 0 Å². The van der Waals surface area contributed by atoms with Crippen LogP contribution in [-0.2, 0) is 10.8 Å². The molecular weight excluding hydrogens is 170 g/mol. The second kappa shape index (κ2) is 3.46. The van der Waals surface area contributed by atoms with Crippen molar-refractivity contribution in [3.05, 3.63) is 0 Å². The van der Waals surface area contributed by atoms with E-state index in [9.17, 15) is 4.21 Å². The molecule has 0 N–H and O–H groups in total. The molecule has 0 spiro atoms. The Morgan fingerprint density at radius 2 is 2.00 bits per heavy atom. The van der Waals surface area contributed by atoms with Crippen molar-refractivity contribution in [2.24, 2.45) is 11.8 Å².